The molecule has 0 saturated heterocycles. The van der Waals surface area contributed by atoms with Gasteiger partial charge in [-0.2, -0.15) is 39.2 Å². The Morgan fingerprint density at radius 2 is 1.31 bits per heavy atom. The predicted octanol–water partition coefficient (Wildman–Crippen LogP) is 1.51. The third-order valence-electron chi connectivity index (χ3n) is 1.48. The van der Waals surface area contributed by atoms with Gasteiger partial charge in [-0.3, -0.25) is 4.55 Å². The first-order valence-corrected chi connectivity index (χ1v) is 4.59. The maximum Gasteiger partial charge on any atom is 0.461 e. The summed E-state index contributed by atoms with van der Waals surface area (Å²) in [6.07, 6.45) is -6.67. The minimum absolute atomic E-state index is 0.324. The van der Waals surface area contributed by atoms with Crippen molar-refractivity contribution in [3.63, 3.8) is 0 Å². The lowest BCUT2D eigenvalue weighted by Gasteiger charge is -2.32. The Bertz CT molecular complexity index is 360. The lowest BCUT2D eigenvalue weighted by atomic mass is 10.3. The van der Waals surface area contributed by atoms with Crippen molar-refractivity contribution >= 4 is 10.3 Å². The summed E-state index contributed by atoms with van der Waals surface area (Å²) in [5.41, 5.74) is 0. The molecular weight excluding hydrogens is 275 g/mol. The van der Waals surface area contributed by atoms with Crippen LogP contribution >= 0.6 is 0 Å². The van der Waals surface area contributed by atoms with Crippen molar-refractivity contribution in [1.82, 2.24) is 4.31 Å². The molecule has 0 heterocycles. The highest BCUT2D eigenvalue weighted by atomic mass is 32.2. The summed E-state index contributed by atoms with van der Waals surface area (Å²) in [6.45, 7) is 0. The zero-order valence-electron chi connectivity index (χ0n) is 7.26. The highest BCUT2D eigenvalue weighted by molar-refractivity contribution is 7.83. The highest BCUT2D eigenvalue weighted by Crippen LogP contribution is 2.48. The fourth-order valence-electron chi connectivity index (χ4n) is 0.513. The van der Waals surface area contributed by atoms with E-state index in [0.717, 1.165) is 0 Å². The summed E-state index contributed by atoms with van der Waals surface area (Å²) in [5.74, 6) is -6.63. The van der Waals surface area contributed by atoms with Crippen LogP contribution in [-0.4, -0.2) is 42.5 Å². The third-order valence-corrected chi connectivity index (χ3v) is 2.40. The first-order valence-electron chi connectivity index (χ1n) is 3.19. The minimum atomic E-state index is -6.67. The summed E-state index contributed by atoms with van der Waals surface area (Å²) >= 11 is 0. The zero-order valence-corrected chi connectivity index (χ0v) is 8.08. The van der Waals surface area contributed by atoms with Gasteiger partial charge in [-0.1, -0.05) is 0 Å². The Kier molecular flexibility index (Phi) is 3.56. The summed E-state index contributed by atoms with van der Waals surface area (Å²) in [5, 5.41) is 0. The van der Waals surface area contributed by atoms with Crippen LogP contribution in [0.2, 0.25) is 0 Å². The number of nitrogens with zero attached hydrogens (tertiary/aromatic N) is 1. The Labute approximate surface area is 84.5 Å². The molecule has 0 aromatic rings. The van der Waals surface area contributed by atoms with Gasteiger partial charge in [-0.15, -0.1) is 4.31 Å². The topological polar surface area (TPSA) is 57.6 Å². The Morgan fingerprint density at radius 1 is 1.00 bits per heavy atom. The van der Waals surface area contributed by atoms with Gasteiger partial charge in [-0.05, 0) is 0 Å². The lowest BCUT2D eigenvalue weighted by molar-refractivity contribution is -0.376. The third kappa shape index (κ3) is 2.38. The van der Waals surface area contributed by atoms with Crippen LogP contribution in [0.25, 0.3) is 0 Å². The van der Waals surface area contributed by atoms with Gasteiger partial charge in [-0.25, -0.2) is 0 Å². The number of rotatable bonds is 3. The van der Waals surface area contributed by atoms with E-state index in [4.69, 9.17) is 4.55 Å². The van der Waals surface area contributed by atoms with Crippen molar-refractivity contribution < 1.29 is 43.7 Å². The quantitative estimate of drug-likeness (QED) is 0.484. The first kappa shape index (κ1) is 15.4. The van der Waals surface area contributed by atoms with Crippen molar-refractivity contribution in [1.29, 1.82) is 0 Å². The Morgan fingerprint density at radius 3 is 1.50 bits per heavy atom. The van der Waals surface area contributed by atoms with Crippen molar-refractivity contribution in [2.45, 2.75) is 18.1 Å². The number of hydrogen-bond donors (Lipinski definition) is 1. The molecule has 0 saturated carbocycles. The van der Waals surface area contributed by atoms with Gasteiger partial charge < -0.3 is 0 Å². The summed E-state index contributed by atoms with van der Waals surface area (Å²) in [4.78, 5) is 0. The Hall–Kier alpha value is -0.620. The molecule has 0 aromatic carbocycles. The maximum absolute atomic E-state index is 12.5. The molecule has 0 rings (SSSR count). The molecule has 12 heteroatoms. The van der Waals surface area contributed by atoms with Gasteiger partial charge in [0.05, 0.1) is 0 Å². The fourth-order valence-corrected chi connectivity index (χ4v) is 0.918. The molecule has 0 bridgehead atoms. The van der Waals surface area contributed by atoms with Gasteiger partial charge in [0, 0.05) is 7.05 Å². The second-order valence-electron chi connectivity index (χ2n) is 2.56. The zero-order chi connectivity index (χ0) is 13.6. The van der Waals surface area contributed by atoms with E-state index in [9.17, 15) is 39.2 Å². The lowest BCUT2D eigenvalue weighted by Crippen LogP contribution is -2.61. The second kappa shape index (κ2) is 3.70. The van der Waals surface area contributed by atoms with Crippen LogP contribution in [0.4, 0.5) is 30.7 Å². The van der Waals surface area contributed by atoms with Gasteiger partial charge in [0.2, 0.25) is 0 Å². The number of hydrogen-bond acceptors (Lipinski definition) is 2. The van der Waals surface area contributed by atoms with E-state index in [1.165, 1.54) is 0 Å². The number of halogens is 7. The van der Waals surface area contributed by atoms with Crippen LogP contribution in [-0.2, 0) is 10.3 Å². The van der Waals surface area contributed by atoms with Crippen LogP contribution in [0.1, 0.15) is 0 Å². The Balaban J connectivity index is 5.54. The fraction of sp³-hybridized carbons (Fsp3) is 1.00. The van der Waals surface area contributed by atoms with Gasteiger partial charge in [0.1, 0.15) is 0 Å². The highest BCUT2D eigenvalue weighted by Gasteiger charge is 2.76. The largest absolute Gasteiger partial charge is 0.461 e. The molecule has 98 valence electrons. The van der Waals surface area contributed by atoms with Crippen molar-refractivity contribution in [2.24, 2.45) is 0 Å². The summed E-state index contributed by atoms with van der Waals surface area (Å²) in [6, 6.07) is -6.14. The van der Waals surface area contributed by atoms with Crippen LogP contribution in [0, 0.1) is 0 Å². The minimum Gasteiger partial charge on any atom is -0.273 e. The van der Waals surface area contributed by atoms with Crippen LogP contribution in [0.3, 0.4) is 0 Å². The molecule has 0 fully saturated rings. The van der Waals surface area contributed by atoms with Crippen molar-refractivity contribution in [2.75, 3.05) is 7.05 Å². The summed E-state index contributed by atoms with van der Waals surface area (Å²) < 4.78 is 110. The molecule has 1 N–H and O–H groups in total. The standard InChI is InChI=1S/C4H4F7NO3S/c1-12(16(13,14)15)4(10,11)2(5,6)3(7,8)9/h1H3,(H,13,14,15). The molecule has 0 aliphatic rings. The van der Waals surface area contributed by atoms with Crippen LogP contribution < -0.4 is 0 Å². The van der Waals surface area contributed by atoms with E-state index >= 15 is 0 Å². The second-order valence-corrected chi connectivity index (χ2v) is 4.00. The van der Waals surface area contributed by atoms with Gasteiger partial charge in [0.15, 0.2) is 0 Å². The SMILES string of the molecule is CN(C(F)(F)C(F)(F)C(F)(F)F)S(=O)(=O)O. The van der Waals surface area contributed by atoms with Crippen molar-refractivity contribution in [3.8, 4) is 0 Å². The van der Waals surface area contributed by atoms with E-state index in [1.54, 1.807) is 0 Å². The number of alkyl halides is 7. The van der Waals surface area contributed by atoms with E-state index in [1.807, 2.05) is 0 Å². The molecule has 4 nitrogen and oxygen atoms in total. The van der Waals surface area contributed by atoms with Gasteiger partial charge in [0.25, 0.3) is 0 Å². The molecule has 0 unspecified atom stereocenters. The molecule has 0 spiro atoms. The first-order chi connectivity index (χ1) is 6.65. The van der Waals surface area contributed by atoms with Crippen LogP contribution in [0.15, 0.2) is 0 Å². The molecule has 16 heavy (non-hydrogen) atoms. The maximum atomic E-state index is 12.5. The molecular formula is C4H4F7NO3S. The van der Waals surface area contributed by atoms with E-state index in [0.29, 0.717) is 0 Å². The van der Waals surface area contributed by atoms with Gasteiger partial charge >= 0.3 is 28.4 Å². The van der Waals surface area contributed by atoms with E-state index < -0.39 is 32.8 Å². The molecule has 0 atom stereocenters. The average molecular weight is 279 g/mol. The molecule has 0 aliphatic carbocycles. The monoisotopic (exact) mass is 279 g/mol. The normalized spacial score (nSPS) is 15.6. The average Bonchev–Trinajstić information content (AvgIpc) is 1.98. The molecule has 0 radical (unpaired) electrons. The van der Waals surface area contributed by atoms with Crippen molar-refractivity contribution in [3.05, 3.63) is 0 Å². The summed E-state index contributed by atoms with van der Waals surface area (Å²) in [7, 11) is -6.23. The van der Waals surface area contributed by atoms with E-state index in [2.05, 4.69) is 0 Å². The molecule has 0 aliphatic heterocycles. The predicted molar refractivity (Wildman–Crippen MR) is 35.3 cm³/mol. The van der Waals surface area contributed by atoms with Crippen LogP contribution in [0.5, 0.6) is 0 Å². The molecule has 0 amide bonds. The van der Waals surface area contributed by atoms with E-state index in [-0.39, 0.29) is 7.05 Å². The smallest absolute Gasteiger partial charge is 0.273 e. The molecule has 0 aromatic heterocycles.